The van der Waals surface area contributed by atoms with Crippen LogP contribution in [0.2, 0.25) is 0 Å². The van der Waals surface area contributed by atoms with E-state index in [1.54, 1.807) is 0 Å². The Morgan fingerprint density at radius 2 is 1.76 bits per heavy atom. The molecule has 0 aliphatic carbocycles. The number of hydrogen-bond acceptors (Lipinski definition) is 10. The van der Waals surface area contributed by atoms with Crippen LogP contribution < -0.4 is 10.6 Å². The molecular weight excluding hydrogens is 524 g/mol. The van der Waals surface area contributed by atoms with Gasteiger partial charge in [-0.3, -0.25) is 18.9 Å². The summed E-state index contributed by atoms with van der Waals surface area (Å²) in [6, 6.07) is 1.34. The lowest BCUT2D eigenvalue weighted by Crippen LogP contribution is -2.42. The highest BCUT2D eigenvalue weighted by Gasteiger charge is 2.28. The van der Waals surface area contributed by atoms with Gasteiger partial charge in [-0.2, -0.15) is 5.26 Å². The van der Waals surface area contributed by atoms with Crippen molar-refractivity contribution in [1.82, 2.24) is 20.2 Å². The van der Waals surface area contributed by atoms with Gasteiger partial charge in [-0.05, 0) is 27.7 Å². The number of hydrogen-bond donors (Lipinski definition) is 2. The Bertz CT molecular complexity index is 846. The van der Waals surface area contributed by atoms with Gasteiger partial charge < -0.3 is 33.6 Å². The van der Waals surface area contributed by atoms with Crippen LogP contribution in [0.4, 0.5) is 0 Å². The number of nitrogens with zero attached hydrogens (tertiary/aromatic N) is 3. The van der Waals surface area contributed by atoms with Gasteiger partial charge in [-0.25, -0.2) is 4.67 Å². The van der Waals surface area contributed by atoms with Crippen molar-refractivity contribution in [3.63, 3.8) is 0 Å². The maximum Gasteiger partial charge on any atom is 0.353 e. The molecule has 0 aliphatic heterocycles. The van der Waals surface area contributed by atoms with Gasteiger partial charge in [0.2, 0.25) is 18.2 Å². The van der Waals surface area contributed by atoms with Crippen molar-refractivity contribution in [2.45, 2.75) is 52.2 Å². The summed E-state index contributed by atoms with van der Waals surface area (Å²) >= 11 is 0. The molecule has 0 saturated heterocycles. The first kappa shape index (κ1) is 34.8. The van der Waals surface area contributed by atoms with Crippen molar-refractivity contribution >= 4 is 34.3 Å². The molecule has 0 aliphatic rings. The molecule has 0 heterocycles. The number of nitriles is 1. The molecule has 0 aromatic rings. The molecule has 0 bridgehead atoms. The van der Waals surface area contributed by atoms with Crippen molar-refractivity contribution in [3.05, 3.63) is 24.2 Å². The molecule has 0 radical (unpaired) electrons. The van der Waals surface area contributed by atoms with E-state index in [1.807, 2.05) is 38.4 Å². The maximum absolute atomic E-state index is 12.7. The number of nitrogens with one attached hydrogen (secondary N) is 2. The number of likely N-dealkylation sites (N-methyl/N-ethyl adjacent to an activating group) is 1. The minimum absolute atomic E-state index is 0.0623. The summed E-state index contributed by atoms with van der Waals surface area (Å²) in [5, 5.41) is 13.9. The second kappa shape index (κ2) is 19.0. The van der Waals surface area contributed by atoms with Crippen LogP contribution in [-0.4, -0.2) is 86.9 Å². The van der Waals surface area contributed by atoms with Crippen molar-refractivity contribution in [2.75, 3.05) is 41.0 Å². The largest absolute Gasteiger partial charge is 0.356 e. The predicted molar refractivity (Wildman–Crippen MR) is 140 cm³/mol. The van der Waals surface area contributed by atoms with Crippen LogP contribution in [0.5, 0.6) is 0 Å². The number of amides is 3. The molecule has 210 valence electrons. The summed E-state index contributed by atoms with van der Waals surface area (Å²) in [7, 11) is -1.26. The summed E-state index contributed by atoms with van der Waals surface area (Å²) in [6.07, 6.45) is 4.27. The smallest absolute Gasteiger partial charge is 0.353 e. The molecule has 0 aromatic heterocycles. The van der Waals surface area contributed by atoms with E-state index in [4.69, 9.17) is 23.4 Å². The maximum atomic E-state index is 12.7. The minimum Gasteiger partial charge on any atom is -0.356 e. The molecule has 37 heavy (non-hydrogen) atoms. The Balaban J connectivity index is 5.75. The second-order valence-corrected chi connectivity index (χ2v) is 11.5. The highest BCUT2D eigenvalue weighted by Crippen LogP contribution is 2.48. The number of carbonyl (C=O) groups excluding carboxylic acids is 3. The van der Waals surface area contributed by atoms with Gasteiger partial charge in [0.15, 0.2) is 0 Å². The van der Waals surface area contributed by atoms with E-state index in [9.17, 15) is 18.9 Å². The molecule has 0 rings (SSSR count). The van der Waals surface area contributed by atoms with Crippen LogP contribution in [0, 0.1) is 11.3 Å². The Morgan fingerprint density at radius 1 is 1.14 bits per heavy atom. The summed E-state index contributed by atoms with van der Waals surface area (Å²) in [5.41, 5.74) is 0. The zero-order chi connectivity index (χ0) is 28.4. The van der Waals surface area contributed by atoms with Crippen LogP contribution >= 0.6 is 16.1 Å². The van der Waals surface area contributed by atoms with Crippen molar-refractivity contribution in [3.8, 4) is 6.07 Å². The van der Waals surface area contributed by atoms with Crippen molar-refractivity contribution in [2.24, 2.45) is 0 Å². The molecule has 2 N–H and O–H groups in total. The van der Waals surface area contributed by atoms with Gasteiger partial charge in [0.05, 0.1) is 31.7 Å². The van der Waals surface area contributed by atoms with Crippen LogP contribution in [0.25, 0.3) is 0 Å². The molecule has 0 saturated carbocycles. The predicted octanol–water partition coefficient (Wildman–Crippen LogP) is 2.48. The average Bonchev–Trinajstić information content (AvgIpc) is 2.86. The lowest BCUT2D eigenvalue weighted by molar-refractivity contribution is -0.126. The van der Waals surface area contributed by atoms with Crippen molar-refractivity contribution < 1.29 is 37.0 Å². The highest BCUT2D eigenvalue weighted by atomic mass is 31.2. The van der Waals surface area contributed by atoms with E-state index in [0.717, 1.165) is 11.0 Å². The zero-order valence-electron chi connectivity index (χ0n) is 22.4. The van der Waals surface area contributed by atoms with Gasteiger partial charge in [-0.15, -0.1) is 0 Å². The first-order chi connectivity index (χ1) is 17.5. The summed E-state index contributed by atoms with van der Waals surface area (Å²) in [6.45, 7) is 7.64. The summed E-state index contributed by atoms with van der Waals surface area (Å²) in [5.74, 6) is 0.183. The van der Waals surface area contributed by atoms with Crippen LogP contribution in [0.3, 0.4) is 0 Å². The lowest BCUT2D eigenvalue weighted by atomic mass is 10.3. The molecule has 13 nitrogen and oxygen atoms in total. The van der Waals surface area contributed by atoms with Gasteiger partial charge in [0, 0.05) is 51.4 Å². The fourth-order valence-electron chi connectivity index (χ4n) is 2.80. The van der Waals surface area contributed by atoms with Gasteiger partial charge in [0.25, 0.3) is 8.53 Å². The Hall–Kier alpha value is -2.16. The summed E-state index contributed by atoms with van der Waals surface area (Å²) in [4.78, 5) is 36.3. The van der Waals surface area contributed by atoms with E-state index in [0.29, 0.717) is 6.41 Å². The standard InChI is InChI=1S/C22H39N5O8P2/c1-18(2)27(19(3)4)36(34-13-8-11-23)35-16-20(10-14-37(31,32-6)33-7)25-22(30)15-26(17-28)12-9-21(29)24-5/h9-10,12,14,17-20H,8,13,15-16H2,1-7H3,(H,24,29)(H,25,30)/b12-9-,14-10+. The molecule has 2 atom stereocenters. The molecule has 0 aromatic carbocycles. The van der Waals surface area contributed by atoms with E-state index >= 15 is 0 Å². The van der Waals surface area contributed by atoms with E-state index in [1.165, 1.54) is 39.4 Å². The van der Waals surface area contributed by atoms with Crippen LogP contribution in [-0.2, 0) is 37.0 Å². The molecule has 0 spiro atoms. The van der Waals surface area contributed by atoms with Gasteiger partial charge in [0.1, 0.15) is 6.54 Å². The molecular formula is C22H39N5O8P2. The average molecular weight is 564 g/mol. The first-order valence-electron chi connectivity index (χ1n) is 11.5. The quantitative estimate of drug-likeness (QED) is 0.103. The first-order valence-corrected chi connectivity index (χ1v) is 14.2. The lowest BCUT2D eigenvalue weighted by Gasteiger charge is -2.36. The Kier molecular flexibility index (Phi) is 17.9. The molecule has 15 heteroatoms. The second-order valence-electron chi connectivity index (χ2n) is 7.97. The highest BCUT2D eigenvalue weighted by molar-refractivity contribution is 7.57. The zero-order valence-corrected chi connectivity index (χ0v) is 24.2. The van der Waals surface area contributed by atoms with Crippen molar-refractivity contribution in [1.29, 1.82) is 5.26 Å². The number of rotatable bonds is 19. The third-order valence-corrected chi connectivity index (χ3v) is 8.14. The normalized spacial score (nSPS) is 13.8. The Labute approximate surface area is 220 Å². The van der Waals surface area contributed by atoms with E-state index < -0.39 is 34.0 Å². The topological polar surface area (TPSA) is 160 Å². The third-order valence-electron chi connectivity index (χ3n) is 4.51. The fourth-order valence-corrected chi connectivity index (χ4v) is 5.24. The van der Waals surface area contributed by atoms with E-state index in [2.05, 4.69) is 10.6 Å². The minimum atomic E-state index is -3.54. The Morgan fingerprint density at radius 3 is 2.24 bits per heavy atom. The summed E-state index contributed by atoms with van der Waals surface area (Å²) < 4.78 is 36.3. The van der Waals surface area contributed by atoms with Crippen LogP contribution in [0.15, 0.2) is 24.2 Å². The number of carbonyl (C=O) groups is 3. The van der Waals surface area contributed by atoms with E-state index in [-0.39, 0.29) is 38.3 Å². The SMILES string of the molecule is CNC(=O)/C=C\N(C=O)CC(=O)NC(/C=C/P(=O)(OC)OC)COP(OCCC#N)N(C(C)C)C(C)C. The van der Waals surface area contributed by atoms with Gasteiger partial charge >= 0.3 is 7.60 Å². The van der Waals surface area contributed by atoms with Gasteiger partial charge in [-0.1, -0.05) is 6.08 Å². The molecule has 3 amide bonds. The van der Waals surface area contributed by atoms with Crippen LogP contribution in [0.1, 0.15) is 34.1 Å². The fraction of sp³-hybridized carbons (Fsp3) is 0.636. The molecule has 0 fully saturated rings. The monoisotopic (exact) mass is 563 g/mol. The molecule has 2 unspecified atom stereocenters. The third kappa shape index (κ3) is 14.4.